The highest BCUT2D eigenvalue weighted by Gasteiger charge is 2.17. The van der Waals surface area contributed by atoms with Crippen molar-refractivity contribution in [3.8, 4) is 0 Å². The molecule has 0 spiro atoms. The molecule has 1 heterocycles. The fraction of sp³-hybridized carbons (Fsp3) is 0.250. The number of carbonyl (C=O) groups excluding carboxylic acids is 1. The van der Waals surface area contributed by atoms with Crippen LogP contribution in [0.25, 0.3) is 6.08 Å². The van der Waals surface area contributed by atoms with E-state index in [-0.39, 0.29) is 17.6 Å². The minimum absolute atomic E-state index is 0.0146. The summed E-state index contributed by atoms with van der Waals surface area (Å²) in [5.74, 6) is -0.187. The summed E-state index contributed by atoms with van der Waals surface area (Å²) < 4.78 is 0. The van der Waals surface area contributed by atoms with Crippen LogP contribution in [0.5, 0.6) is 0 Å². The van der Waals surface area contributed by atoms with Crippen LogP contribution < -0.4 is 10.6 Å². The molecule has 1 aromatic carbocycles. The second kappa shape index (κ2) is 5.42. The van der Waals surface area contributed by atoms with E-state index in [1.54, 1.807) is 18.2 Å². The van der Waals surface area contributed by atoms with E-state index in [9.17, 15) is 14.9 Å². The molecule has 0 bridgehead atoms. The van der Waals surface area contributed by atoms with Gasteiger partial charge in [0.2, 0.25) is 5.91 Å². The van der Waals surface area contributed by atoms with Crippen LogP contribution >= 0.6 is 0 Å². The summed E-state index contributed by atoms with van der Waals surface area (Å²) in [5.41, 5.74) is 0.645. The summed E-state index contributed by atoms with van der Waals surface area (Å²) in [6.45, 7) is 1.58. The fourth-order valence-electron chi connectivity index (χ4n) is 1.55. The van der Waals surface area contributed by atoms with E-state index in [2.05, 4.69) is 10.6 Å². The summed E-state index contributed by atoms with van der Waals surface area (Å²) in [5, 5.41) is 16.4. The number of hydrogen-bond donors (Lipinski definition) is 2. The molecule has 1 aromatic rings. The van der Waals surface area contributed by atoms with E-state index in [1.807, 2.05) is 0 Å². The fourth-order valence-corrected chi connectivity index (χ4v) is 1.55. The van der Waals surface area contributed by atoms with Crippen molar-refractivity contribution in [3.05, 3.63) is 46.0 Å². The molecule has 0 atom stereocenters. The van der Waals surface area contributed by atoms with Crippen molar-refractivity contribution < 1.29 is 9.72 Å². The molecule has 0 aromatic heterocycles. The highest BCUT2D eigenvalue weighted by atomic mass is 16.6. The lowest BCUT2D eigenvalue weighted by Crippen LogP contribution is -2.56. The summed E-state index contributed by atoms with van der Waals surface area (Å²) in [7, 11) is 0. The number of rotatable bonds is 4. The third-order valence-electron chi connectivity index (χ3n) is 2.64. The van der Waals surface area contributed by atoms with Crippen LogP contribution in [0.3, 0.4) is 0 Å². The molecule has 1 fully saturated rings. The van der Waals surface area contributed by atoms with Gasteiger partial charge in [-0.15, -0.1) is 0 Å². The Hall–Kier alpha value is -2.21. The molecule has 0 unspecified atom stereocenters. The van der Waals surface area contributed by atoms with Crippen molar-refractivity contribution in [3.63, 3.8) is 0 Å². The Bertz CT molecular complexity index is 495. The lowest BCUT2D eigenvalue weighted by atomic mass is 10.1. The van der Waals surface area contributed by atoms with Gasteiger partial charge in [0.25, 0.3) is 5.69 Å². The van der Waals surface area contributed by atoms with Gasteiger partial charge in [-0.2, -0.15) is 0 Å². The van der Waals surface area contributed by atoms with Crippen LogP contribution in [0.4, 0.5) is 5.69 Å². The average Bonchev–Trinajstić information content (AvgIpc) is 2.31. The second-order valence-electron chi connectivity index (χ2n) is 4.05. The molecule has 1 saturated heterocycles. The minimum atomic E-state index is -0.461. The predicted octanol–water partition coefficient (Wildman–Crippen LogP) is 0.696. The van der Waals surface area contributed by atoms with Gasteiger partial charge < -0.3 is 10.6 Å². The number of hydrogen-bond acceptors (Lipinski definition) is 4. The molecule has 2 rings (SSSR count). The predicted molar refractivity (Wildman–Crippen MR) is 66.9 cm³/mol. The maximum absolute atomic E-state index is 11.5. The van der Waals surface area contributed by atoms with E-state index >= 15 is 0 Å². The van der Waals surface area contributed by atoms with Crippen molar-refractivity contribution in [1.82, 2.24) is 10.6 Å². The van der Waals surface area contributed by atoms with E-state index in [4.69, 9.17) is 0 Å². The van der Waals surface area contributed by atoms with Gasteiger partial charge in [0, 0.05) is 31.3 Å². The number of nitrogens with one attached hydrogen (secondary N) is 2. The van der Waals surface area contributed by atoms with Crippen LogP contribution in [0, 0.1) is 10.1 Å². The number of benzene rings is 1. The Morgan fingerprint density at radius 3 is 2.89 bits per heavy atom. The van der Waals surface area contributed by atoms with Crippen molar-refractivity contribution in [2.45, 2.75) is 6.04 Å². The van der Waals surface area contributed by atoms with E-state index in [0.29, 0.717) is 5.56 Å². The van der Waals surface area contributed by atoms with Gasteiger partial charge in [-0.3, -0.25) is 14.9 Å². The van der Waals surface area contributed by atoms with Crippen LogP contribution in [0.1, 0.15) is 5.56 Å². The normalized spacial score (nSPS) is 15.3. The number of nitro groups is 1. The summed E-state index contributed by atoms with van der Waals surface area (Å²) in [4.78, 5) is 21.6. The van der Waals surface area contributed by atoms with Gasteiger partial charge in [0.05, 0.1) is 11.0 Å². The second-order valence-corrected chi connectivity index (χ2v) is 4.05. The van der Waals surface area contributed by atoms with Crippen LogP contribution in [0.2, 0.25) is 0 Å². The Balaban J connectivity index is 1.97. The van der Waals surface area contributed by atoms with E-state index < -0.39 is 4.92 Å². The molecule has 1 aliphatic rings. The van der Waals surface area contributed by atoms with Gasteiger partial charge >= 0.3 is 0 Å². The molecule has 94 valence electrons. The van der Waals surface area contributed by atoms with E-state index in [0.717, 1.165) is 13.1 Å². The average molecular weight is 247 g/mol. The third kappa shape index (κ3) is 3.14. The monoisotopic (exact) mass is 247 g/mol. The Labute approximate surface area is 104 Å². The largest absolute Gasteiger partial charge is 0.347 e. The highest BCUT2D eigenvalue weighted by molar-refractivity contribution is 5.92. The van der Waals surface area contributed by atoms with E-state index in [1.165, 1.54) is 18.2 Å². The topological polar surface area (TPSA) is 84.3 Å². The quantitative estimate of drug-likeness (QED) is 0.466. The van der Waals surface area contributed by atoms with Gasteiger partial charge in [-0.25, -0.2) is 0 Å². The summed E-state index contributed by atoms with van der Waals surface area (Å²) in [6, 6.07) is 6.33. The third-order valence-corrected chi connectivity index (χ3v) is 2.64. The Morgan fingerprint density at radius 2 is 2.28 bits per heavy atom. The van der Waals surface area contributed by atoms with Gasteiger partial charge in [-0.1, -0.05) is 12.1 Å². The molecule has 2 N–H and O–H groups in total. The zero-order valence-electron chi connectivity index (χ0n) is 9.63. The smallest absolute Gasteiger partial charge is 0.270 e. The van der Waals surface area contributed by atoms with Gasteiger partial charge in [-0.05, 0) is 11.6 Å². The van der Waals surface area contributed by atoms with Crippen LogP contribution in [-0.4, -0.2) is 30.0 Å². The summed E-state index contributed by atoms with van der Waals surface area (Å²) >= 11 is 0. The van der Waals surface area contributed by atoms with Gasteiger partial charge in [0.15, 0.2) is 0 Å². The number of non-ortho nitro benzene ring substituents is 1. The van der Waals surface area contributed by atoms with Crippen LogP contribution in [0.15, 0.2) is 30.3 Å². The number of carbonyl (C=O) groups is 1. The molecule has 6 nitrogen and oxygen atoms in total. The number of nitrogens with zero attached hydrogens (tertiary/aromatic N) is 1. The lowest BCUT2D eigenvalue weighted by molar-refractivity contribution is -0.384. The zero-order valence-corrected chi connectivity index (χ0v) is 9.63. The Morgan fingerprint density at radius 1 is 1.50 bits per heavy atom. The molecule has 0 saturated carbocycles. The number of amides is 1. The number of nitro benzene ring substituents is 1. The molecule has 1 aliphatic heterocycles. The van der Waals surface area contributed by atoms with Crippen molar-refractivity contribution in [2.24, 2.45) is 0 Å². The standard InChI is InChI=1S/C12H13N3O3/c16-12(14-10-7-13-8-10)5-4-9-2-1-3-11(6-9)15(17)18/h1-6,10,13H,7-8H2,(H,14,16). The molecule has 18 heavy (non-hydrogen) atoms. The first kappa shape index (κ1) is 12.3. The Kier molecular flexibility index (Phi) is 3.69. The molecule has 6 heteroatoms. The highest BCUT2D eigenvalue weighted by Crippen LogP contribution is 2.13. The molecule has 0 aliphatic carbocycles. The molecular formula is C12H13N3O3. The minimum Gasteiger partial charge on any atom is -0.347 e. The zero-order chi connectivity index (χ0) is 13.0. The first-order chi connectivity index (χ1) is 8.65. The lowest BCUT2D eigenvalue weighted by Gasteiger charge is -2.27. The molecular weight excluding hydrogens is 234 g/mol. The first-order valence-corrected chi connectivity index (χ1v) is 5.59. The molecule has 1 amide bonds. The van der Waals surface area contributed by atoms with Crippen molar-refractivity contribution in [2.75, 3.05) is 13.1 Å². The maximum atomic E-state index is 11.5. The van der Waals surface area contributed by atoms with Crippen molar-refractivity contribution in [1.29, 1.82) is 0 Å². The first-order valence-electron chi connectivity index (χ1n) is 5.59. The maximum Gasteiger partial charge on any atom is 0.270 e. The van der Waals surface area contributed by atoms with Gasteiger partial charge in [0.1, 0.15) is 0 Å². The molecule has 0 radical (unpaired) electrons. The van der Waals surface area contributed by atoms with Crippen LogP contribution in [-0.2, 0) is 4.79 Å². The SMILES string of the molecule is O=C(C=Cc1cccc([N+](=O)[O-])c1)NC1CNC1. The summed E-state index contributed by atoms with van der Waals surface area (Å²) in [6.07, 6.45) is 2.95. The van der Waals surface area contributed by atoms with Crippen molar-refractivity contribution >= 4 is 17.7 Å².